The quantitative estimate of drug-likeness (QED) is 0.726. The minimum atomic E-state index is -0.436. The topological polar surface area (TPSA) is 84.2 Å². The molecule has 5 heteroatoms. The lowest BCUT2D eigenvalue weighted by Crippen LogP contribution is -2.41. The first-order valence-electron chi connectivity index (χ1n) is 6.60. The van der Waals surface area contributed by atoms with Crippen molar-refractivity contribution in [1.82, 2.24) is 10.6 Å². The van der Waals surface area contributed by atoms with Gasteiger partial charge in [0.1, 0.15) is 0 Å². The number of carbonyl (C=O) groups excluding carboxylic acids is 2. The number of nitrogen functional groups attached to an aromatic ring is 1. The number of hydrogen-bond acceptors (Lipinski definition) is 3. The highest BCUT2D eigenvalue weighted by atomic mass is 16.2. The van der Waals surface area contributed by atoms with Crippen molar-refractivity contribution in [2.24, 2.45) is 5.92 Å². The summed E-state index contributed by atoms with van der Waals surface area (Å²) >= 11 is 0. The summed E-state index contributed by atoms with van der Waals surface area (Å²) in [5.41, 5.74) is 6.54. The van der Waals surface area contributed by atoms with Gasteiger partial charge < -0.3 is 11.1 Å². The minimum absolute atomic E-state index is 0.413. The van der Waals surface area contributed by atoms with Crippen molar-refractivity contribution in [3.05, 3.63) is 29.8 Å². The number of nitrogens with one attached hydrogen (secondary N) is 2. The lowest BCUT2D eigenvalue weighted by Gasteiger charge is -2.11. The maximum atomic E-state index is 11.7. The molecule has 1 fully saturated rings. The Labute approximate surface area is 112 Å². The number of rotatable bonds is 3. The van der Waals surface area contributed by atoms with Crippen LogP contribution in [0, 0.1) is 5.92 Å². The SMILES string of the molecule is Nc1ccc(C(=O)NC(=O)NCC2CCCC2)cc1. The van der Waals surface area contributed by atoms with Crippen LogP contribution in [0.2, 0.25) is 0 Å². The molecule has 4 N–H and O–H groups in total. The normalized spacial score (nSPS) is 15.2. The van der Waals surface area contributed by atoms with Crippen LogP contribution in [0.15, 0.2) is 24.3 Å². The van der Waals surface area contributed by atoms with Crippen LogP contribution in [0.4, 0.5) is 10.5 Å². The molecule has 0 saturated heterocycles. The van der Waals surface area contributed by atoms with Crippen LogP contribution in [0.1, 0.15) is 36.0 Å². The second kappa shape index (κ2) is 6.22. The van der Waals surface area contributed by atoms with Crippen molar-refractivity contribution >= 4 is 17.6 Å². The van der Waals surface area contributed by atoms with E-state index in [0.717, 1.165) is 12.8 Å². The van der Waals surface area contributed by atoms with Gasteiger partial charge in [-0.1, -0.05) is 12.8 Å². The summed E-state index contributed by atoms with van der Waals surface area (Å²) in [4.78, 5) is 23.3. The Balaban J connectivity index is 1.77. The molecule has 0 unspecified atom stereocenters. The third-order valence-corrected chi connectivity index (χ3v) is 3.43. The molecule has 0 atom stereocenters. The van der Waals surface area contributed by atoms with Crippen molar-refractivity contribution in [2.45, 2.75) is 25.7 Å². The van der Waals surface area contributed by atoms with Gasteiger partial charge >= 0.3 is 6.03 Å². The number of carbonyl (C=O) groups is 2. The van der Waals surface area contributed by atoms with E-state index in [0.29, 0.717) is 23.7 Å². The van der Waals surface area contributed by atoms with Gasteiger partial charge in [-0.05, 0) is 43.0 Å². The summed E-state index contributed by atoms with van der Waals surface area (Å²) in [7, 11) is 0. The summed E-state index contributed by atoms with van der Waals surface area (Å²) in [6.45, 7) is 0.640. The smallest absolute Gasteiger partial charge is 0.321 e. The molecule has 1 aliphatic rings. The van der Waals surface area contributed by atoms with Crippen LogP contribution in [-0.2, 0) is 0 Å². The van der Waals surface area contributed by atoms with E-state index in [1.807, 2.05) is 0 Å². The zero-order valence-corrected chi connectivity index (χ0v) is 10.8. The molecule has 1 saturated carbocycles. The monoisotopic (exact) mass is 261 g/mol. The fourth-order valence-corrected chi connectivity index (χ4v) is 2.31. The fourth-order valence-electron chi connectivity index (χ4n) is 2.31. The highest BCUT2D eigenvalue weighted by Crippen LogP contribution is 2.23. The van der Waals surface area contributed by atoms with Gasteiger partial charge in [-0.2, -0.15) is 0 Å². The van der Waals surface area contributed by atoms with E-state index in [2.05, 4.69) is 10.6 Å². The number of amides is 3. The predicted octanol–water partition coefficient (Wildman–Crippen LogP) is 1.90. The van der Waals surface area contributed by atoms with Gasteiger partial charge in [0.2, 0.25) is 0 Å². The van der Waals surface area contributed by atoms with Gasteiger partial charge in [0.15, 0.2) is 0 Å². The molecular weight excluding hydrogens is 242 g/mol. The van der Waals surface area contributed by atoms with E-state index < -0.39 is 11.9 Å². The molecule has 0 spiro atoms. The molecule has 5 nitrogen and oxygen atoms in total. The van der Waals surface area contributed by atoms with Crippen LogP contribution in [0.5, 0.6) is 0 Å². The molecule has 0 radical (unpaired) electrons. The summed E-state index contributed by atoms with van der Waals surface area (Å²) in [6.07, 6.45) is 4.79. The lowest BCUT2D eigenvalue weighted by atomic mass is 10.1. The van der Waals surface area contributed by atoms with Gasteiger partial charge in [-0.25, -0.2) is 4.79 Å². The molecule has 2 rings (SSSR count). The third-order valence-electron chi connectivity index (χ3n) is 3.43. The number of anilines is 1. The van der Waals surface area contributed by atoms with Crippen LogP contribution >= 0.6 is 0 Å². The summed E-state index contributed by atoms with van der Waals surface area (Å²) in [6, 6.07) is 6.01. The molecule has 1 aromatic carbocycles. The number of urea groups is 1. The van der Waals surface area contributed by atoms with Crippen molar-refractivity contribution in [1.29, 1.82) is 0 Å². The Kier molecular flexibility index (Phi) is 4.39. The van der Waals surface area contributed by atoms with Crippen LogP contribution in [-0.4, -0.2) is 18.5 Å². The first-order chi connectivity index (χ1) is 9.15. The molecule has 1 aliphatic carbocycles. The molecule has 1 aromatic rings. The van der Waals surface area contributed by atoms with Crippen molar-refractivity contribution in [3.8, 4) is 0 Å². The highest BCUT2D eigenvalue weighted by Gasteiger charge is 2.16. The molecule has 19 heavy (non-hydrogen) atoms. The summed E-state index contributed by atoms with van der Waals surface area (Å²) in [5.74, 6) is 0.140. The predicted molar refractivity (Wildman–Crippen MR) is 73.7 cm³/mol. The third kappa shape index (κ3) is 3.98. The number of benzene rings is 1. The molecular formula is C14H19N3O2. The van der Waals surface area contributed by atoms with E-state index in [-0.39, 0.29) is 0 Å². The highest BCUT2D eigenvalue weighted by molar-refractivity contribution is 6.04. The molecule has 0 bridgehead atoms. The molecule has 0 aromatic heterocycles. The van der Waals surface area contributed by atoms with Crippen LogP contribution in [0.3, 0.4) is 0 Å². The average molecular weight is 261 g/mol. The Bertz CT molecular complexity index is 450. The van der Waals surface area contributed by atoms with Gasteiger partial charge in [-0.3, -0.25) is 10.1 Å². The van der Waals surface area contributed by atoms with E-state index in [4.69, 9.17) is 5.73 Å². The van der Waals surface area contributed by atoms with Crippen LogP contribution in [0.25, 0.3) is 0 Å². The molecule has 0 heterocycles. The molecule has 3 amide bonds. The Morgan fingerprint density at radius 2 is 1.79 bits per heavy atom. The van der Waals surface area contributed by atoms with E-state index in [1.165, 1.54) is 12.8 Å². The minimum Gasteiger partial charge on any atom is -0.399 e. The Hall–Kier alpha value is -2.04. The lowest BCUT2D eigenvalue weighted by molar-refractivity contribution is 0.0963. The van der Waals surface area contributed by atoms with E-state index in [1.54, 1.807) is 24.3 Å². The summed E-state index contributed by atoms with van der Waals surface area (Å²) < 4.78 is 0. The van der Waals surface area contributed by atoms with Crippen molar-refractivity contribution in [3.63, 3.8) is 0 Å². The second-order valence-electron chi connectivity index (χ2n) is 4.94. The Morgan fingerprint density at radius 1 is 1.16 bits per heavy atom. The van der Waals surface area contributed by atoms with Gasteiger partial charge in [0.25, 0.3) is 5.91 Å². The molecule has 102 valence electrons. The van der Waals surface area contributed by atoms with Gasteiger partial charge in [0, 0.05) is 17.8 Å². The van der Waals surface area contributed by atoms with Gasteiger partial charge in [-0.15, -0.1) is 0 Å². The first kappa shape index (κ1) is 13.4. The second-order valence-corrected chi connectivity index (χ2v) is 4.94. The van der Waals surface area contributed by atoms with Gasteiger partial charge in [0.05, 0.1) is 0 Å². The molecule has 0 aliphatic heterocycles. The zero-order chi connectivity index (χ0) is 13.7. The van der Waals surface area contributed by atoms with Crippen LogP contribution < -0.4 is 16.4 Å². The van der Waals surface area contributed by atoms with E-state index in [9.17, 15) is 9.59 Å². The van der Waals surface area contributed by atoms with Crippen molar-refractivity contribution in [2.75, 3.05) is 12.3 Å². The fraction of sp³-hybridized carbons (Fsp3) is 0.429. The standard InChI is InChI=1S/C14H19N3O2/c15-12-7-5-11(6-8-12)13(18)17-14(19)16-9-10-3-1-2-4-10/h5-8,10H,1-4,9,15H2,(H2,16,17,18,19). The largest absolute Gasteiger partial charge is 0.399 e. The summed E-state index contributed by atoms with van der Waals surface area (Å²) in [5, 5.41) is 5.05. The van der Waals surface area contributed by atoms with Crippen molar-refractivity contribution < 1.29 is 9.59 Å². The number of hydrogen-bond donors (Lipinski definition) is 3. The van der Waals surface area contributed by atoms with E-state index >= 15 is 0 Å². The average Bonchev–Trinajstić information content (AvgIpc) is 2.90. The maximum absolute atomic E-state index is 11.7. The number of imide groups is 1. The number of nitrogens with two attached hydrogens (primary N) is 1. The zero-order valence-electron chi connectivity index (χ0n) is 10.8. The Morgan fingerprint density at radius 3 is 2.42 bits per heavy atom. The maximum Gasteiger partial charge on any atom is 0.321 e. The first-order valence-corrected chi connectivity index (χ1v) is 6.60.